The van der Waals surface area contributed by atoms with Gasteiger partial charge in [0.25, 0.3) is 0 Å². The minimum Gasteiger partial charge on any atom is -0.497 e. The summed E-state index contributed by atoms with van der Waals surface area (Å²) < 4.78 is 5.18. The number of thioether (sulfide) groups is 1. The number of nitrogens with one attached hydrogen (secondary N) is 2. The largest absolute Gasteiger partial charge is 0.497 e. The summed E-state index contributed by atoms with van der Waals surface area (Å²) in [4.78, 5) is 18.1. The zero-order valence-electron chi connectivity index (χ0n) is 15.2. The van der Waals surface area contributed by atoms with Gasteiger partial charge in [-0.3, -0.25) is 4.79 Å². The van der Waals surface area contributed by atoms with Crippen molar-refractivity contribution in [2.45, 2.75) is 25.4 Å². The number of benzene rings is 1. The summed E-state index contributed by atoms with van der Waals surface area (Å²) in [6.45, 7) is 0.788. The summed E-state index contributed by atoms with van der Waals surface area (Å²) in [5, 5.41) is 6.62. The topological polar surface area (TPSA) is 66.0 Å². The van der Waals surface area contributed by atoms with E-state index in [0.717, 1.165) is 23.5 Å². The normalized spacial score (nSPS) is 17.7. The summed E-state index contributed by atoms with van der Waals surface area (Å²) in [5.41, 5.74) is 1.10. The Morgan fingerprint density at radius 2 is 2.12 bits per heavy atom. The van der Waals surface area contributed by atoms with Crippen LogP contribution in [0.1, 0.15) is 18.4 Å². The number of rotatable bonds is 6. The van der Waals surface area contributed by atoms with Crippen LogP contribution in [0, 0.1) is 0 Å². The number of hydrogen-bond donors (Lipinski definition) is 2. The van der Waals surface area contributed by atoms with Crippen molar-refractivity contribution in [1.29, 1.82) is 0 Å². The highest BCUT2D eigenvalue weighted by Crippen LogP contribution is 2.17. The van der Waals surface area contributed by atoms with Gasteiger partial charge in [-0.2, -0.15) is 11.8 Å². The van der Waals surface area contributed by atoms with Gasteiger partial charge < -0.3 is 20.3 Å². The Bertz CT molecular complexity index is 569. The first-order valence-corrected chi connectivity index (χ1v) is 9.69. The number of carbonyl (C=O) groups excluding carboxylic acids is 1. The molecule has 138 valence electrons. The van der Waals surface area contributed by atoms with Crippen LogP contribution in [0.4, 0.5) is 0 Å². The fourth-order valence-electron chi connectivity index (χ4n) is 2.42. The molecular formula is C18H28N4O2S. The van der Waals surface area contributed by atoms with Gasteiger partial charge in [-0.1, -0.05) is 12.1 Å². The van der Waals surface area contributed by atoms with Gasteiger partial charge in [-0.05, 0) is 36.3 Å². The lowest BCUT2D eigenvalue weighted by Gasteiger charge is -2.25. The van der Waals surface area contributed by atoms with E-state index in [1.54, 1.807) is 26.1 Å². The SMILES string of the molecule is COc1ccc(CN=C(NCC(=O)N(C)C)NC2CCCSC2)cc1. The summed E-state index contributed by atoms with van der Waals surface area (Å²) in [6.07, 6.45) is 2.35. The van der Waals surface area contributed by atoms with E-state index in [1.165, 1.54) is 12.2 Å². The molecule has 1 amide bonds. The van der Waals surface area contributed by atoms with Crippen LogP contribution in [-0.2, 0) is 11.3 Å². The van der Waals surface area contributed by atoms with Gasteiger partial charge >= 0.3 is 0 Å². The molecule has 7 heteroatoms. The molecule has 1 heterocycles. The number of nitrogens with zero attached hydrogens (tertiary/aromatic N) is 2. The first-order valence-electron chi connectivity index (χ1n) is 8.54. The molecule has 2 N–H and O–H groups in total. The molecule has 6 nitrogen and oxygen atoms in total. The first-order chi connectivity index (χ1) is 12.1. The predicted molar refractivity (Wildman–Crippen MR) is 104 cm³/mol. The molecular weight excluding hydrogens is 336 g/mol. The molecule has 0 radical (unpaired) electrons. The van der Waals surface area contributed by atoms with Crippen LogP contribution in [0.15, 0.2) is 29.3 Å². The molecule has 1 fully saturated rings. The van der Waals surface area contributed by atoms with Crippen molar-refractivity contribution < 1.29 is 9.53 Å². The van der Waals surface area contributed by atoms with Gasteiger partial charge in [0.05, 0.1) is 20.2 Å². The van der Waals surface area contributed by atoms with E-state index in [0.29, 0.717) is 18.5 Å². The number of likely N-dealkylation sites (N-methyl/N-ethyl adjacent to an activating group) is 1. The lowest BCUT2D eigenvalue weighted by molar-refractivity contribution is -0.127. The molecule has 0 spiro atoms. The van der Waals surface area contributed by atoms with E-state index in [4.69, 9.17) is 4.74 Å². The fraction of sp³-hybridized carbons (Fsp3) is 0.556. The molecule has 1 aliphatic rings. The van der Waals surface area contributed by atoms with Crippen molar-refractivity contribution in [2.75, 3.05) is 39.3 Å². The van der Waals surface area contributed by atoms with Crippen molar-refractivity contribution in [3.63, 3.8) is 0 Å². The van der Waals surface area contributed by atoms with Gasteiger partial charge in [-0.15, -0.1) is 0 Å². The number of aliphatic imine (C=N–C) groups is 1. The maximum absolute atomic E-state index is 11.8. The van der Waals surface area contributed by atoms with Gasteiger partial charge in [-0.25, -0.2) is 4.99 Å². The Kier molecular flexibility index (Phi) is 7.91. The average molecular weight is 365 g/mol. The molecule has 0 aliphatic carbocycles. The molecule has 1 unspecified atom stereocenters. The van der Waals surface area contributed by atoms with Gasteiger partial charge in [0, 0.05) is 25.9 Å². The molecule has 0 bridgehead atoms. The molecule has 1 aromatic rings. The fourth-order valence-corrected chi connectivity index (χ4v) is 3.49. The second-order valence-electron chi connectivity index (χ2n) is 6.21. The Hall–Kier alpha value is -1.89. The second-order valence-corrected chi connectivity index (χ2v) is 7.36. The molecule has 0 saturated carbocycles. The van der Waals surface area contributed by atoms with Crippen LogP contribution in [0.5, 0.6) is 5.75 Å². The number of guanidine groups is 1. The van der Waals surface area contributed by atoms with E-state index in [9.17, 15) is 4.79 Å². The van der Waals surface area contributed by atoms with Crippen molar-refractivity contribution in [3.8, 4) is 5.75 Å². The molecule has 25 heavy (non-hydrogen) atoms. The number of carbonyl (C=O) groups is 1. The predicted octanol–water partition coefficient (Wildman–Crippen LogP) is 1.71. The standard InChI is InChI=1S/C18H28N4O2S/c1-22(2)17(23)12-20-18(21-15-5-4-10-25-13-15)19-11-14-6-8-16(24-3)9-7-14/h6-9,15H,4-5,10-13H2,1-3H3,(H2,19,20,21). The van der Waals surface area contributed by atoms with Crippen LogP contribution in [-0.4, -0.2) is 62.1 Å². The van der Waals surface area contributed by atoms with E-state index in [2.05, 4.69) is 15.6 Å². The highest BCUT2D eigenvalue weighted by Gasteiger charge is 2.15. The smallest absolute Gasteiger partial charge is 0.241 e. The number of ether oxygens (including phenoxy) is 1. The highest BCUT2D eigenvalue weighted by molar-refractivity contribution is 7.99. The Morgan fingerprint density at radius 3 is 2.72 bits per heavy atom. The van der Waals surface area contributed by atoms with E-state index in [-0.39, 0.29) is 12.5 Å². The van der Waals surface area contributed by atoms with Crippen molar-refractivity contribution in [1.82, 2.24) is 15.5 Å². The highest BCUT2D eigenvalue weighted by atomic mass is 32.2. The minimum absolute atomic E-state index is 0.0250. The van der Waals surface area contributed by atoms with Gasteiger partial charge in [0.15, 0.2) is 5.96 Å². The molecule has 1 aliphatic heterocycles. The maximum atomic E-state index is 11.8. The van der Waals surface area contributed by atoms with Crippen LogP contribution in [0.25, 0.3) is 0 Å². The lowest BCUT2D eigenvalue weighted by atomic mass is 10.2. The maximum Gasteiger partial charge on any atom is 0.241 e. The lowest BCUT2D eigenvalue weighted by Crippen LogP contribution is -2.48. The summed E-state index contributed by atoms with van der Waals surface area (Å²) in [6, 6.07) is 8.26. The molecule has 0 aromatic heterocycles. The molecule has 1 saturated heterocycles. The van der Waals surface area contributed by atoms with Crippen LogP contribution < -0.4 is 15.4 Å². The Labute approximate surface area is 154 Å². The quantitative estimate of drug-likeness (QED) is 0.594. The van der Waals surface area contributed by atoms with E-state index < -0.39 is 0 Å². The summed E-state index contributed by atoms with van der Waals surface area (Å²) in [7, 11) is 5.16. The van der Waals surface area contributed by atoms with Crippen molar-refractivity contribution in [3.05, 3.63) is 29.8 Å². The van der Waals surface area contributed by atoms with Crippen LogP contribution in [0.3, 0.4) is 0 Å². The zero-order chi connectivity index (χ0) is 18.1. The number of methoxy groups -OCH3 is 1. The molecule has 1 atom stereocenters. The summed E-state index contributed by atoms with van der Waals surface area (Å²) >= 11 is 1.96. The van der Waals surface area contributed by atoms with Gasteiger partial charge in [0.2, 0.25) is 5.91 Å². The Balaban J connectivity index is 1.98. The third-order valence-corrected chi connectivity index (χ3v) is 5.20. The van der Waals surface area contributed by atoms with Crippen LogP contribution in [0.2, 0.25) is 0 Å². The first kappa shape index (κ1) is 19.4. The van der Waals surface area contributed by atoms with E-state index in [1.807, 2.05) is 36.0 Å². The van der Waals surface area contributed by atoms with Crippen molar-refractivity contribution >= 4 is 23.6 Å². The van der Waals surface area contributed by atoms with Gasteiger partial charge in [0.1, 0.15) is 5.75 Å². The minimum atomic E-state index is 0.0250. The molecule has 2 rings (SSSR count). The van der Waals surface area contributed by atoms with Crippen molar-refractivity contribution in [2.24, 2.45) is 4.99 Å². The summed E-state index contributed by atoms with van der Waals surface area (Å²) in [5.74, 6) is 3.85. The second kappa shape index (κ2) is 10.2. The Morgan fingerprint density at radius 1 is 1.36 bits per heavy atom. The number of hydrogen-bond acceptors (Lipinski definition) is 4. The number of amides is 1. The third kappa shape index (κ3) is 6.86. The van der Waals surface area contributed by atoms with Crippen LogP contribution >= 0.6 is 11.8 Å². The zero-order valence-corrected chi connectivity index (χ0v) is 16.1. The monoisotopic (exact) mass is 364 g/mol. The third-order valence-electron chi connectivity index (χ3n) is 3.99. The molecule has 1 aromatic carbocycles. The van der Waals surface area contributed by atoms with E-state index >= 15 is 0 Å². The average Bonchev–Trinajstić information content (AvgIpc) is 2.64.